The first-order chi connectivity index (χ1) is 3.88. The second kappa shape index (κ2) is 2.46. The largest absolute Gasteiger partial charge is 0.394 e. The van der Waals surface area contributed by atoms with Crippen LogP contribution in [-0.4, -0.2) is 23.9 Å². The van der Waals surface area contributed by atoms with Crippen LogP contribution in [0.2, 0.25) is 0 Å². The Bertz CT molecular complexity index is 72.9. The van der Waals surface area contributed by atoms with Crippen molar-refractivity contribution < 1.29 is 9.84 Å². The van der Waals surface area contributed by atoms with Crippen molar-refractivity contribution in [2.45, 2.75) is 32.0 Å². The highest BCUT2D eigenvalue weighted by molar-refractivity contribution is 4.82. The third kappa shape index (κ3) is 1.20. The maximum absolute atomic E-state index is 8.48. The molecule has 1 fully saturated rings. The van der Waals surface area contributed by atoms with Crippen molar-refractivity contribution in [2.75, 3.05) is 6.61 Å². The summed E-state index contributed by atoms with van der Waals surface area (Å²) < 4.78 is 5.06. The van der Waals surface area contributed by atoms with E-state index in [1.165, 1.54) is 0 Å². The van der Waals surface area contributed by atoms with Gasteiger partial charge in [0.2, 0.25) is 0 Å². The van der Waals surface area contributed by atoms with Gasteiger partial charge in [-0.3, -0.25) is 0 Å². The topological polar surface area (TPSA) is 32.8 Å². The molecule has 2 heteroatoms. The van der Waals surface area contributed by atoms with Crippen LogP contribution in [0.5, 0.6) is 0 Å². The summed E-state index contributed by atoms with van der Waals surface area (Å²) in [4.78, 5) is 0. The standard InChI is InChI=1S/C6H12O2/c1-2-3-5-6(4-7)8-5/h5-7H,2-4H2,1H3/t5-,6+/m0/s1. The lowest BCUT2D eigenvalue weighted by atomic mass is 10.2. The average Bonchev–Trinajstić information content (AvgIpc) is 2.48. The zero-order valence-electron chi connectivity index (χ0n) is 5.13. The summed E-state index contributed by atoms with van der Waals surface area (Å²) in [6.45, 7) is 2.32. The third-order valence-electron chi connectivity index (χ3n) is 1.44. The second-order valence-electron chi connectivity index (χ2n) is 2.18. The molecule has 0 aromatic rings. The summed E-state index contributed by atoms with van der Waals surface area (Å²) in [6, 6.07) is 0. The van der Waals surface area contributed by atoms with Crippen molar-refractivity contribution in [3.8, 4) is 0 Å². The van der Waals surface area contributed by atoms with E-state index in [0.717, 1.165) is 12.8 Å². The Morgan fingerprint density at radius 1 is 1.50 bits per heavy atom. The van der Waals surface area contributed by atoms with Crippen LogP contribution >= 0.6 is 0 Å². The predicted octanol–water partition coefficient (Wildman–Crippen LogP) is 0.546. The Morgan fingerprint density at radius 3 is 2.62 bits per heavy atom. The molecule has 1 saturated heterocycles. The summed E-state index contributed by atoms with van der Waals surface area (Å²) >= 11 is 0. The van der Waals surface area contributed by atoms with Crippen molar-refractivity contribution in [1.82, 2.24) is 0 Å². The van der Waals surface area contributed by atoms with Gasteiger partial charge >= 0.3 is 0 Å². The Labute approximate surface area is 49.5 Å². The van der Waals surface area contributed by atoms with E-state index in [0.29, 0.717) is 6.10 Å². The van der Waals surface area contributed by atoms with Crippen LogP contribution in [0.15, 0.2) is 0 Å². The fourth-order valence-electron chi connectivity index (χ4n) is 0.878. The van der Waals surface area contributed by atoms with Gasteiger partial charge in [-0.25, -0.2) is 0 Å². The lowest BCUT2D eigenvalue weighted by Gasteiger charge is -1.84. The predicted molar refractivity (Wildman–Crippen MR) is 30.7 cm³/mol. The second-order valence-corrected chi connectivity index (χ2v) is 2.18. The average molecular weight is 116 g/mol. The first kappa shape index (κ1) is 6.05. The van der Waals surface area contributed by atoms with E-state index in [1.807, 2.05) is 0 Å². The lowest BCUT2D eigenvalue weighted by Crippen LogP contribution is -1.97. The minimum Gasteiger partial charge on any atom is -0.394 e. The van der Waals surface area contributed by atoms with Gasteiger partial charge in [0.1, 0.15) is 6.10 Å². The first-order valence-electron chi connectivity index (χ1n) is 3.14. The molecule has 0 unspecified atom stereocenters. The molecule has 0 amide bonds. The van der Waals surface area contributed by atoms with Gasteiger partial charge in [0, 0.05) is 0 Å². The molecule has 0 aromatic carbocycles. The highest BCUT2D eigenvalue weighted by Gasteiger charge is 2.36. The number of aliphatic hydroxyl groups is 1. The zero-order chi connectivity index (χ0) is 5.98. The van der Waals surface area contributed by atoms with Gasteiger partial charge in [0.15, 0.2) is 0 Å². The van der Waals surface area contributed by atoms with E-state index in [1.54, 1.807) is 0 Å². The van der Waals surface area contributed by atoms with E-state index in [2.05, 4.69) is 6.92 Å². The van der Waals surface area contributed by atoms with Crippen LogP contribution in [0, 0.1) is 0 Å². The molecular weight excluding hydrogens is 104 g/mol. The number of hydrogen-bond donors (Lipinski definition) is 1. The molecule has 1 aliphatic rings. The van der Waals surface area contributed by atoms with Crippen molar-refractivity contribution in [3.05, 3.63) is 0 Å². The number of ether oxygens (including phenoxy) is 1. The molecule has 1 rings (SSSR count). The number of aliphatic hydroxyl groups excluding tert-OH is 1. The molecule has 0 aromatic heterocycles. The molecule has 0 saturated carbocycles. The van der Waals surface area contributed by atoms with Gasteiger partial charge in [0.25, 0.3) is 0 Å². The van der Waals surface area contributed by atoms with Crippen LogP contribution in [0.3, 0.4) is 0 Å². The van der Waals surface area contributed by atoms with Gasteiger partial charge < -0.3 is 9.84 Å². The minimum atomic E-state index is 0.176. The molecular formula is C6H12O2. The SMILES string of the molecule is CCC[C@@H]1O[C@@H]1CO. The van der Waals surface area contributed by atoms with Crippen molar-refractivity contribution in [2.24, 2.45) is 0 Å². The van der Waals surface area contributed by atoms with Crippen molar-refractivity contribution in [1.29, 1.82) is 0 Å². The van der Waals surface area contributed by atoms with Gasteiger partial charge in [-0.1, -0.05) is 13.3 Å². The number of rotatable bonds is 3. The van der Waals surface area contributed by atoms with E-state index >= 15 is 0 Å². The van der Waals surface area contributed by atoms with Gasteiger partial charge in [-0.15, -0.1) is 0 Å². The molecule has 8 heavy (non-hydrogen) atoms. The van der Waals surface area contributed by atoms with E-state index in [4.69, 9.17) is 9.84 Å². The molecule has 2 nitrogen and oxygen atoms in total. The Hall–Kier alpha value is -0.0800. The summed E-state index contributed by atoms with van der Waals surface area (Å²) in [5.74, 6) is 0. The normalized spacial score (nSPS) is 35.2. The summed E-state index contributed by atoms with van der Waals surface area (Å²) in [6.07, 6.45) is 2.81. The zero-order valence-corrected chi connectivity index (χ0v) is 5.13. The van der Waals surface area contributed by atoms with Gasteiger partial charge in [-0.05, 0) is 6.42 Å². The van der Waals surface area contributed by atoms with Crippen LogP contribution in [0.25, 0.3) is 0 Å². The molecule has 1 aliphatic heterocycles. The maximum atomic E-state index is 8.48. The summed E-state index contributed by atoms with van der Waals surface area (Å²) in [7, 11) is 0. The van der Waals surface area contributed by atoms with Crippen LogP contribution in [0.4, 0.5) is 0 Å². The number of epoxide rings is 1. The minimum absolute atomic E-state index is 0.176. The Kier molecular flexibility index (Phi) is 1.86. The number of hydrogen-bond acceptors (Lipinski definition) is 2. The van der Waals surface area contributed by atoms with E-state index in [-0.39, 0.29) is 12.7 Å². The van der Waals surface area contributed by atoms with E-state index < -0.39 is 0 Å². The monoisotopic (exact) mass is 116 g/mol. The quantitative estimate of drug-likeness (QED) is 0.546. The summed E-state index contributed by atoms with van der Waals surface area (Å²) in [5.41, 5.74) is 0. The van der Waals surface area contributed by atoms with Gasteiger partial charge in [-0.2, -0.15) is 0 Å². The smallest absolute Gasteiger partial charge is 0.107 e. The van der Waals surface area contributed by atoms with Crippen molar-refractivity contribution in [3.63, 3.8) is 0 Å². The third-order valence-corrected chi connectivity index (χ3v) is 1.44. The fraction of sp³-hybridized carbons (Fsp3) is 1.00. The Morgan fingerprint density at radius 2 is 2.25 bits per heavy atom. The fourth-order valence-corrected chi connectivity index (χ4v) is 0.878. The highest BCUT2D eigenvalue weighted by atomic mass is 16.6. The molecule has 0 radical (unpaired) electrons. The molecule has 1 N–H and O–H groups in total. The maximum Gasteiger partial charge on any atom is 0.107 e. The molecule has 0 spiro atoms. The highest BCUT2D eigenvalue weighted by Crippen LogP contribution is 2.25. The van der Waals surface area contributed by atoms with E-state index in [9.17, 15) is 0 Å². The molecule has 0 aliphatic carbocycles. The Balaban J connectivity index is 1.99. The van der Waals surface area contributed by atoms with Gasteiger partial charge in [0.05, 0.1) is 12.7 Å². The molecule has 0 bridgehead atoms. The first-order valence-corrected chi connectivity index (χ1v) is 3.14. The molecule has 2 atom stereocenters. The lowest BCUT2D eigenvalue weighted by molar-refractivity contribution is 0.241. The molecule has 1 heterocycles. The van der Waals surface area contributed by atoms with Crippen LogP contribution in [0.1, 0.15) is 19.8 Å². The van der Waals surface area contributed by atoms with Crippen LogP contribution in [-0.2, 0) is 4.74 Å². The summed E-state index contributed by atoms with van der Waals surface area (Å²) in [5, 5.41) is 8.48. The van der Waals surface area contributed by atoms with Crippen molar-refractivity contribution >= 4 is 0 Å². The van der Waals surface area contributed by atoms with Crippen LogP contribution < -0.4 is 0 Å². The molecule has 48 valence electrons.